The van der Waals surface area contributed by atoms with Crippen LogP contribution in [0, 0.1) is 0 Å². The first kappa shape index (κ1) is 20.7. The van der Waals surface area contributed by atoms with Crippen LogP contribution in [0.2, 0.25) is 0 Å². The molecule has 1 N–H and O–H groups in total. The Balaban J connectivity index is 1.99. The third-order valence-electron chi connectivity index (χ3n) is 5.43. The maximum absolute atomic E-state index is 13.4. The molecule has 3 aromatic rings. The quantitative estimate of drug-likeness (QED) is 0.621. The number of methoxy groups -OCH3 is 3. The van der Waals surface area contributed by atoms with Gasteiger partial charge in [-0.3, -0.25) is 9.59 Å². The molecular formula is C23H23NO7. The van der Waals surface area contributed by atoms with Gasteiger partial charge in [0.25, 0.3) is 5.91 Å². The number of ether oxygens (including phenoxy) is 3. The van der Waals surface area contributed by atoms with Crippen LogP contribution in [0.1, 0.15) is 34.1 Å². The largest absolute Gasteiger partial charge is 0.493 e. The fourth-order valence-corrected chi connectivity index (χ4v) is 4.04. The van der Waals surface area contributed by atoms with E-state index in [0.29, 0.717) is 40.2 Å². The van der Waals surface area contributed by atoms with Crippen molar-refractivity contribution in [3.8, 4) is 17.2 Å². The highest BCUT2D eigenvalue weighted by molar-refractivity contribution is 5.99. The predicted octanol–water partition coefficient (Wildman–Crippen LogP) is 2.75. The molecule has 0 fully saturated rings. The summed E-state index contributed by atoms with van der Waals surface area (Å²) in [6.45, 7) is 0.155. The van der Waals surface area contributed by atoms with E-state index in [-0.39, 0.29) is 29.9 Å². The van der Waals surface area contributed by atoms with Crippen molar-refractivity contribution in [1.29, 1.82) is 0 Å². The smallest absolute Gasteiger partial charge is 0.290 e. The van der Waals surface area contributed by atoms with Gasteiger partial charge in [0.2, 0.25) is 11.5 Å². The number of nitrogens with zero attached hydrogens (tertiary/aromatic N) is 1. The summed E-state index contributed by atoms with van der Waals surface area (Å²) in [6, 6.07) is 9.55. The molecule has 0 bridgehead atoms. The summed E-state index contributed by atoms with van der Waals surface area (Å²) in [7, 11) is 4.50. The Morgan fingerprint density at radius 2 is 1.71 bits per heavy atom. The van der Waals surface area contributed by atoms with E-state index in [1.807, 2.05) is 0 Å². The lowest BCUT2D eigenvalue weighted by Crippen LogP contribution is -2.31. The summed E-state index contributed by atoms with van der Waals surface area (Å²) in [5, 5.41) is 9.75. The Labute approximate surface area is 178 Å². The number of carbonyl (C=O) groups excluding carboxylic acids is 1. The van der Waals surface area contributed by atoms with Crippen LogP contribution in [-0.2, 0) is 0 Å². The van der Waals surface area contributed by atoms with Gasteiger partial charge >= 0.3 is 0 Å². The Hall–Kier alpha value is -3.52. The highest BCUT2D eigenvalue weighted by Crippen LogP contribution is 2.44. The molecule has 1 aromatic heterocycles. The lowest BCUT2D eigenvalue weighted by molar-refractivity contribution is 0.0716. The molecule has 2 heterocycles. The molecule has 2 aromatic carbocycles. The molecule has 8 nitrogen and oxygen atoms in total. The zero-order valence-electron chi connectivity index (χ0n) is 17.5. The SMILES string of the molecule is COc1cc([C@@H]2c3c(oc4ccccc4c3=O)C(=O)N2CCCO)cc(OC)c1OC. The zero-order valence-corrected chi connectivity index (χ0v) is 17.5. The minimum atomic E-state index is -0.719. The predicted molar refractivity (Wildman–Crippen MR) is 113 cm³/mol. The van der Waals surface area contributed by atoms with Gasteiger partial charge in [-0.1, -0.05) is 12.1 Å². The van der Waals surface area contributed by atoms with Crippen molar-refractivity contribution < 1.29 is 28.5 Å². The van der Waals surface area contributed by atoms with Crippen LogP contribution in [0.25, 0.3) is 11.0 Å². The molecule has 1 amide bonds. The monoisotopic (exact) mass is 425 g/mol. The van der Waals surface area contributed by atoms with E-state index in [9.17, 15) is 14.7 Å². The first-order valence-electron chi connectivity index (χ1n) is 9.83. The Kier molecular flexibility index (Phi) is 5.56. The van der Waals surface area contributed by atoms with Crippen molar-refractivity contribution in [3.63, 3.8) is 0 Å². The van der Waals surface area contributed by atoms with E-state index in [1.165, 1.54) is 26.2 Å². The second-order valence-electron chi connectivity index (χ2n) is 7.11. The van der Waals surface area contributed by atoms with Crippen LogP contribution in [0.5, 0.6) is 17.2 Å². The average Bonchev–Trinajstić information content (AvgIpc) is 3.08. The lowest BCUT2D eigenvalue weighted by atomic mass is 9.97. The molecule has 162 valence electrons. The molecule has 0 saturated carbocycles. The van der Waals surface area contributed by atoms with Gasteiger partial charge in [-0.15, -0.1) is 0 Å². The summed E-state index contributed by atoms with van der Waals surface area (Å²) < 4.78 is 22.2. The van der Waals surface area contributed by atoms with Gasteiger partial charge in [-0.25, -0.2) is 0 Å². The summed E-state index contributed by atoms with van der Waals surface area (Å²) in [6.07, 6.45) is 0.356. The van der Waals surface area contributed by atoms with Crippen molar-refractivity contribution in [2.45, 2.75) is 12.5 Å². The van der Waals surface area contributed by atoms with E-state index >= 15 is 0 Å². The number of benzene rings is 2. The summed E-state index contributed by atoms with van der Waals surface area (Å²) in [5.41, 5.74) is 0.959. The number of rotatable bonds is 7. The summed E-state index contributed by atoms with van der Waals surface area (Å²) in [5.74, 6) is 0.839. The molecule has 0 saturated heterocycles. The summed E-state index contributed by atoms with van der Waals surface area (Å²) in [4.78, 5) is 28.2. The minimum absolute atomic E-state index is 0.0143. The van der Waals surface area contributed by atoms with Crippen molar-refractivity contribution in [2.75, 3.05) is 34.5 Å². The molecule has 1 aliphatic rings. The summed E-state index contributed by atoms with van der Waals surface area (Å²) >= 11 is 0. The van der Waals surface area contributed by atoms with Gasteiger partial charge in [0, 0.05) is 13.2 Å². The molecule has 0 spiro atoms. The fourth-order valence-electron chi connectivity index (χ4n) is 4.04. The molecule has 31 heavy (non-hydrogen) atoms. The normalized spacial score (nSPS) is 15.3. The van der Waals surface area contributed by atoms with Crippen LogP contribution in [-0.4, -0.2) is 50.4 Å². The number of fused-ring (bicyclic) bond motifs is 2. The van der Waals surface area contributed by atoms with E-state index in [1.54, 1.807) is 36.4 Å². The van der Waals surface area contributed by atoms with E-state index in [0.717, 1.165) is 0 Å². The maximum Gasteiger partial charge on any atom is 0.290 e. The topological polar surface area (TPSA) is 98.4 Å². The van der Waals surface area contributed by atoms with Crippen molar-refractivity contribution >= 4 is 16.9 Å². The highest BCUT2D eigenvalue weighted by Gasteiger charge is 2.43. The van der Waals surface area contributed by atoms with Crippen molar-refractivity contribution in [3.05, 3.63) is 63.5 Å². The number of aliphatic hydroxyl groups excluding tert-OH is 1. The standard InChI is InChI=1S/C23H23NO7/c1-28-16-11-13(12-17(29-2)21(16)30-3)19-18-20(26)14-7-4-5-8-15(14)31-22(18)23(27)24(19)9-6-10-25/h4-5,7-8,11-12,19,25H,6,9-10H2,1-3H3/t19-/m1/s1. The van der Waals surface area contributed by atoms with Gasteiger partial charge in [0.1, 0.15) is 5.58 Å². The Morgan fingerprint density at radius 1 is 1.03 bits per heavy atom. The van der Waals surface area contributed by atoms with Crippen LogP contribution >= 0.6 is 0 Å². The van der Waals surface area contributed by atoms with Gasteiger partial charge in [0.05, 0.1) is 38.3 Å². The van der Waals surface area contributed by atoms with Crippen LogP contribution < -0.4 is 19.6 Å². The molecule has 0 radical (unpaired) electrons. The molecule has 0 aliphatic carbocycles. The van der Waals surface area contributed by atoms with Gasteiger partial charge in [-0.05, 0) is 36.2 Å². The second kappa shape index (κ2) is 8.31. The average molecular weight is 425 g/mol. The number of hydrogen-bond donors (Lipinski definition) is 1. The molecule has 4 rings (SSSR count). The lowest BCUT2D eigenvalue weighted by Gasteiger charge is -2.26. The second-order valence-corrected chi connectivity index (χ2v) is 7.11. The first-order valence-corrected chi connectivity index (χ1v) is 9.83. The Bertz CT molecular complexity index is 1180. The first-order chi connectivity index (χ1) is 15.0. The molecular weight excluding hydrogens is 402 g/mol. The zero-order chi connectivity index (χ0) is 22.1. The van der Waals surface area contributed by atoms with E-state index in [2.05, 4.69) is 0 Å². The third kappa shape index (κ3) is 3.29. The van der Waals surface area contributed by atoms with Crippen LogP contribution in [0.3, 0.4) is 0 Å². The van der Waals surface area contributed by atoms with Gasteiger partial charge < -0.3 is 28.6 Å². The van der Waals surface area contributed by atoms with Crippen molar-refractivity contribution in [2.24, 2.45) is 0 Å². The third-order valence-corrected chi connectivity index (χ3v) is 5.43. The van der Waals surface area contributed by atoms with E-state index in [4.69, 9.17) is 18.6 Å². The van der Waals surface area contributed by atoms with E-state index < -0.39 is 11.9 Å². The van der Waals surface area contributed by atoms with Crippen LogP contribution in [0.15, 0.2) is 45.6 Å². The van der Waals surface area contributed by atoms with Gasteiger partial charge in [-0.2, -0.15) is 0 Å². The fraction of sp³-hybridized carbons (Fsp3) is 0.304. The Morgan fingerprint density at radius 3 is 2.32 bits per heavy atom. The molecule has 1 atom stereocenters. The molecule has 1 aliphatic heterocycles. The number of hydrogen-bond acceptors (Lipinski definition) is 7. The number of carbonyl (C=O) groups is 1. The van der Waals surface area contributed by atoms with Gasteiger partial charge in [0.15, 0.2) is 16.9 Å². The number of para-hydroxylation sites is 1. The molecule has 0 unspecified atom stereocenters. The van der Waals surface area contributed by atoms with Crippen LogP contribution in [0.4, 0.5) is 0 Å². The highest BCUT2D eigenvalue weighted by atomic mass is 16.5. The molecule has 8 heteroatoms. The minimum Gasteiger partial charge on any atom is -0.493 e. The maximum atomic E-state index is 13.4. The number of aliphatic hydroxyl groups is 1. The van der Waals surface area contributed by atoms with Crippen molar-refractivity contribution in [1.82, 2.24) is 4.90 Å². The number of amides is 1.